The lowest BCUT2D eigenvalue weighted by atomic mass is 9.98. The maximum absolute atomic E-state index is 11.9. The molecule has 0 amide bonds. The van der Waals surface area contributed by atoms with E-state index in [1.807, 2.05) is 13.0 Å². The molecule has 1 aromatic carbocycles. The Bertz CT molecular complexity index is 800. The van der Waals surface area contributed by atoms with Crippen molar-refractivity contribution in [1.82, 2.24) is 4.98 Å². The average Bonchev–Trinajstić information content (AvgIpc) is 2.56. The van der Waals surface area contributed by atoms with E-state index >= 15 is 0 Å². The molecule has 2 aromatic rings. The SMILES string of the molecule is CCCCS(=O)(=O)Nc1ccc(Nc2c(C)cccc2C(C)C)cn1. The lowest BCUT2D eigenvalue weighted by Gasteiger charge is -2.17. The predicted molar refractivity (Wildman–Crippen MR) is 105 cm³/mol. The van der Waals surface area contributed by atoms with Gasteiger partial charge in [0, 0.05) is 5.69 Å². The molecule has 0 bridgehead atoms. The van der Waals surface area contributed by atoms with Gasteiger partial charge < -0.3 is 5.32 Å². The summed E-state index contributed by atoms with van der Waals surface area (Å²) in [5.74, 6) is 0.863. The summed E-state index contributed by atoms with van der Waals surface area (Å²) < 4.78 is 26.4. The zero-order valence-corrected chi connectivity index (χ0v) is 16.2. The van der Waals surface area contributed by atoms with Crippen molar-refractivity contribution in [2.45, 2.75) is 46.5 Å². The van der Waals surface area contributed by atoms with Crippen molar-refractivity contribution in [3.05, 3.63) is 47.7 Å². The van der Waals surface area contributed by atoms with Gasteiger partial charge in [-0.25, -0.2) is 13.4 Å². The fraction of sp³-hybridized carbons (Fsp3) is 0.421. The largest absolute Gasteiger partial charge is 0.354 e. The molecular weight excluding hydrogens is 334 g/mol. The topological polar surface area (TPSA) is 71.1 Å². The second kappa shape index (κ2) is 8.34. The van der Waals surface area contributed by atoms with Gasteiger partial charge in [-0.05, 0) is 42.5 Å². The molecule has 0 saturated carbocycles. The molecule has 25 heavy (non-hydrogen) atoms. The molecular formula is C19H27N3O2S. The fourth-order valence-electron chi connectivity index (χ4n) is 2.56. The van der Waals surface area contributed by atoms with E-state index in [0.29, 0.717) is 18.2 Å². The summed E-state index contributed by atoms with van der Waals surface area (Å²) in [5, 5.41) is 3.41. The van der Waals surface area contributed by atoms with Crippen LogP contribution in [-0.2, 0) is 10.0 Å². The van der Waals surface area contributed by atoms with Crippen molar-refractivity contribution < 1.29 is 8.42 Å². The summed E-state index contributed by atoms with van der Waals surface area (Å²) in [6, 6.07) is 9.75. The molecule has 0 fully saturated rings. The summed E-state index contributed by atoms with van der Waals surface area (Å²) in [5.41, 5.74) is 4.31. The Kier molecular flexibility index (Phi) is 6.42. The van der Waals surface area contributed by atoms with Crippen LogP contribution in [0.15, 0.2) is 36.5 Å². The van der Waals surface area contributed by atoms with E-state index < -0.39 is 10.0 Å². The molecule has 0 spiro atoms. The Morgan fingerprint density at radius 2 is 1.92 bits per heavy atom. The van der Waals surface area contributed by atoms with Crippen LogP contribution in [0.25, 0.3) is 0 Å². The van der Waals surface area contributed by atoms with Gasteiger partial charge in [-0.15, -0.1) is 0 Å². The Labute approximate surface area is 150 Å². The highest BCUT2D eigenvalue weighted by Gasteiger charge is 2.12. The van der Waals surface area contributed by atoms with Gasteiger partial charge in [-0.2, -0.15) is 0 Å². The number of hydrogen-bond donors (Lipinski definition) is 2. The molecule has 0 unspecified atom stereocenters. The maximum Gasteiger partial charge on any atom is 0.233 e. The van der Waals surface area contributed by atoms with Gasteiger partial charge in [0.2, 0.25) is 10.0 Å². The molecule has 1 heterocycles. The van der Waals surface area contributed by atoms with Gasteiger partial charge >= 0.3 is 0 Å². The third-order valence-corrected chi connectivity index (χ3v) is 5.33. The zero-order valence-electron chi connectivity index (χ0n) is 15.3. The van der Waals surface area contributed by atoms with Gasteiger partial charge in [-0.1, -0.05) is 45.4 Å². The number of unbranched alkanes of at least 4 members (excludes halogenated alkanes) is 1. The average molecular weight is 362 g/mol. The molecule has 6 heteroatoms. The zero-order chi connectivity index (χ0) is 18.4. The van der Waals surface area contributed by atoms with E-state index in [1.165, 1.54) is 5.56 Å². The molecule has 2 rings (SSSR count). The van der Waals surface area contributed by atoms with E-state index in [4.69, 9.17) is 0 Å². The number of aryl methyl sites for hydroxylation is 1. The van der Waals surface area contributed by atoms with Crippen molar-refractivity contribution in [3.8, 4) is 0 Å². The van der Waals surface area contributed by atoms with Crippen LogP contribution in [0.3, 0.4) is 0 Å². The number of sulfonamides is 1. The van der Waals surface area contributed by atoms with Crippen LogP contribution in [0.2, 0.25) is 0 Å². The first-order chi connectivity index (χ1) is 11.8. The quantitative estimate of drug-likeness (QED) is 0.708. The second-order valence-electron chi connectivity index (χ2n) is 6.53. The van der Waals surface area contributed by atoms with E-state index in [2.05, 4.69) is 54.0 Å². The van der Waals surface area contributed by atoms with E-state index in [-0.39, 0.29) is 5.75 Å². The summed E-state index contributed by atoms with van der Waals surface area (Å²) in [6.07, 6.45) is 3.13. The van der Waals surface area contributed by atoms with Crippen molar-refractivity contribution >= 4 is 27.2 Å². The Morgan fingerprint density at radius 3 is 2.52 bits per heavy atom. The Balaban J connectivity index is 2.14. The minimum atomic E-state index is -3.33. The number of anilines is 3. The molecule has 0 saturated heterocycles. The van der Waals surface area contributed by atoms with E-state index in [1.54, 1.807) is 12.3 Å². The number of nitrogens with zero attached hydrogens (tertiary/aromatic N) is 1. The third-order valence-electron chi connectivity index (χ3n) is 3.99. The highest BCUT2D eigenvalue weighted by molar-refractivity contribution is 7.92. The molecule has 136 valence electrons. The Hall–Kier alpha value is -2.08. The first-order valence-electron chi connectivity index (χ1n) is 8.65. The number of benzene rings is 1. The minimum absolute atomic E-state index is 0.117. The molecule has 0 aliphatic heterocycles. The van der Waals surface area contributed by atoms with Crippen LogP contribution >= 0.6 is 0 Å². The highest BCUT2D eigenvalue weighted by Crippen LogP contribution is 2.30. The summed E-state index contributed by atoms with van der Waals surface area (Å²) in [7, 11) is -3.33. The number of nitrogens with one attached hydrogen (secondary N) is 2. The van der Waals surface area contributed by atoms with Gasteiger partial charge in [-0.3, -0.25) is 4.72 Å². The molecule has 0 aliphatic carbocycles. The smallest absolute Gasteiger partial charge is 0.233 e. The van der Waals surface area contributed by atoms with Gasteiger partial charge in [0.15, 0.2) is 0 Å². The lowest BCUT2D eigenvalue weighted by molar-refractivity contribution is 0.597. The lowest BCUT2D eigenvalue weighted by Crippen LogP contribution is -2.17. The summed E-state index contributed by atoms with van der Waals surface area (Å²) >= 11 is 0. The number of hydrogen-bond acceptors (Lipinski definition) is 4. The number of rotatable bonds is 8. The van der Waals surface area contributed by atoms with Crippen LogP contribution in [0.1, 0.15) is 50.7 Å². The molecule has 5 nitrogen and oxygen atoms in total. The normalized spacial score (nSPS) is 11.6. The van der Waals surface area contributed by atoms with Crippen LogP contribution in [0.4, 0.5) is 17.2 Å². The number of aromatic nitrogens is 1. The minimum Gasteiger partial charge on any atom is -0.354 e. The fourth-order valence-corrected chi connectivity index (χ4v) is 3.77. The predicted octanol–water partition coefficient (Wildman–Crippen LogP) is 4.80. The van der Waals surface area contributed by atoms with Crippen molar-refractivity contribution in [1.29, 1.82) is 0 Å². The second-order valence-corrected chi connectivity index (χ2v) is 8.37. The molecule has 0 aliphatic rings. The molecule has 2 N–H and O–H groups in total. The van der Waals surface area contributed by atoms with Crippen LogP contribution in [0, 0.1) is 6.92 Å². The highest BCUT2D eigenvalue weighted by atomic mass is 32.2. The van der Waals surface area contributed by atoms with E-state index in [0.717, 1.165) is 23.4 Å². The molecule has 0 atom stereocenters. The standard InChI is InChI=1S/C19H27N3O2S/c1-5-6-12-25(23,24)22-18-11-10-16(13-20-18)21-19-15(4)8-7-9-17(19)14(2)3/h7-11,13-14,21H,5-6,12H2,1-4H3,(H,20,22). The van der Waals surface area contributed by atoms with Crippen molar-refractivity contribution in [3.63, 3.8) is 0 Å². The van der Waals surface area contributed by atoms with E-state index in [9.17, 15) is 8.42 Å². The summed E-state index contributed by atoms with van der Waals surface area (Å²) in [6.45, 7) is 8.35. The summed E-state index contributed by atoms with van der Waals surface area (Å²) in [4.78, 5) is 4.22. The monoisotopic (exact) mass is 361 g/mol. The van der Waals surface area contributed by atoms with Crippen LogP contribution < -0.4 is 10.0 Å². The molecule has 0 radical (unpaired) electrons. The van der Waals surface area contributed by atoms with Crippen molar-refractivity contribution in [2.24, 2.45) is 0 Å². The first kappa shape index (κ1) is 19.2. The Morgan fingerprint density at radius 1 is 1.16 bits per heavy atom. The third kappa shape index (κ3) is 5.46. The van der Waals surface area contributed by atoms with Crippen molar-refractivity contribution in [2.75, 3.05) is 15.8 Å². The number of pyridine rings is 1. The van der Waals surface area contributed by atoms with Crippen LogP contribution in [0.5, 0.6) is 0 Å². The molecule has 1 aromatic heterocycles. The first-order valence-corrected chi connectivity index (χ1v) is 10.3. The van der Waals surface area contributed by atoms with Gasteiger partial charge in [0.1, 0.15) is 5.82 Å². The number of para-hydroxylation sites is 1. The van der Waals surface area contributed by atoms with Gasteiger partial charge in [0.25, 0.3) is 0 Å². The van der Waals surface area contributed by atoms with Crippen LogP contribution in [-0.4, -0.2) is 19.2 Å². The maximum atomic E-state index is 11.9. The van der Waals surface area contributed by atoms with Gasteiger partial charge in [0.05, 0.1) is 17.6 Å².